The lowest BCUT2D eigenvalue weighted by Crippen LogP contribution is -2.22. The number of hydrogen-bond donors (Lipinski definition) is 2. The minimum absolute atomic E-state index is 0.0589. The van der Waals surface area contributed by atoms with Crippen LogP contribution in [-0.4, -0.2) is 21.1 Å². The van der Waals surface area contributed by atoms with Gasteiger partial charge in [0, 0.05) is 27.6 Å². The summed E-state index contributed by atoms with van der Waals surface area (Å²) in [7, 11) is 0. The quantitative estimate of drug-likeness (QED) is 0.686. The van der Waals surface area contributed by atoms with Crippen molar-refractivity contribution in [3.05, 3.63) is 57.3 Å². The van der Waals surface area contributed by atoms with Crippen LogP contribution in [0.25, 0.3) is 11.1 Å². The van der Waals surface area contributed by atoms with E-state index >= 15 is 0 Å². The third kappa shape index (κ3) is 3.42. The van der Waals surface area contributed by atoms with Gasteiger partial charge in [-0.2, -0.15) is 5.10 Å². The largest absolute Gasteiger partial charge is 0.347 e. The van der Waals surface area contributed by atoms with Crippen LogP contribution in [0.3, 0.4) is 0 Å². The summed E-state index contributed by atoms with van der Waals surface area (Å²) in [6.07, 6.45) is 5.17. The molecule has 4 rings (SSSR count). The first-order chi connectivity index (χ1) is 12.7. The maximum atomic E-state index is 12.6. The Labute approximate surface area is 156 Å². The van der Waals surface area contributed by atoms with Gasteiger partial charge in [-0.3, -0.25) is 9.89 Å². The Bertz CT molecular complexity index is 939. The number of aryl methyl sites for hydroxylation is 2. The van der Waals surface area contributed by atoms with E-state index in [9.17, 15) is 4.79 Å². The summed E-state index contributed by atoms with van der Waals surface area (Å²) in [5.74, 6) is 0.531. The topological polar surface area (TPSA) is 70.7 Å². The third-order valence-electron chi connectivity index (χ3n) is 4.72. The molecule has 3 aromatic rings. The Hall–Kier alpha value is -2.47. The first-order valence-electron chi connectivity index (χ1n) is 9.02. The SMILES string of the molecule is CCc1nc(C)sc1CNC(=O)c1cccc(-c2cn[nH]c2C2CC2)c1. The summed E-state index contributed by atoms with van der Waals surface area (Å²) in [5, 5.41) is 11.4. The number of hydrogen-bond acceptors (Lipinski definition) is 4. The van der Waals surface area contributed by atoms with Crippen molar-refractivity contribution in [1.29, 1.82) is 0 Å². The number of aromatic nitrogens is 3. The maximum Gasteiger partial charge on any atom is 0.251 e. The van der Waals surface area contributed by atoms with Gasteiger partial charge in [0.15, 0.2) is 0 Å². The average Bonchev–Trinajstić information content (AvgIpc) is 3.26. The van der Waals surface area contributed by atoms with Crippen LogP contribution in [0.4, 0.5) is 0 Å². The lowest BCUT2D eigenvalue weighted by Gasteiger charge is -2.07. The van der Waals surface area contributed by atoms with Crippen molar-refractivity contribution in [2.24, 2.45) is 0 Å². The van der Waals surface area contributed by atoms with Gasteiger partial charge in [-0.05, 0) is 43.9 Å². The second-order valence-corrected chi connectivity index (χ2v) is 7.98. The van der Waals surface area contributed by atoms with Crippen LogP contribution in [0.2, 0.25) is 0 Å². The second kappa shape index (κ2) is 7.03. The van der Waals surface area contributed by atoms with E-state index in [1.54, 1.807) is 11.3 Å². The van der Waals surface area contributed by atoms with Gasteiger partial charge in [0.1, 0.15) is 0 Å². The zero-order chi connectivity index (χ0) is 18.1. The van der Waals surface area contributed by atoms with Gasteiger partial charge in [-0.25, -0.2) is 4.98 Å². The van der Waals surface area contributed by atoms with Gasteiger partial charge in [0.05, 0.1) is 23.4 Å². The lowest BCUT2D eigenvalue weighted by atomic mass is 10.0. The molecule has 0 bridgehead atoms. The molecule has 26 heavy (non-hydrogen) atoms. The van der Waals surface area contributed by atoms with Crippen molar-refractivity contribution in [2.45, 2.75) is 45.6 Å². The molecule has 5 nitrogen and oxygen atoms in total. The average molecular weight is 366 g/mol. The fourth-order valence-electron chi connectivity index (χ4n) is 3.23. The number of rotatable bonds is 6. The molecule has 1 fully saturated rings. The lowest BCUT2D eigenvalue weighted by molar-refractivity contribution is 0.0951. The Morgan fingerprint density at radius 2 is 2.23 bits per heavy atom. The Morgan fingerprint density at radius 3 is 3.00 bits per heavy atom. The van der Waals surface area contributed by atoms with Crippen LogP contribution in [0, 0.1) is 6.92 Å². The molecule has 2 N–H and O–H groups in total. The summed E-state index contributed by atoms with van der Waals surface area (Å²) >= 11 is 1.65. The molecule has 0 saturated heterocycles. The van der Waals surface area contributed by atoms with Crippen LogP contribution in [-0.2, 0) is 13.0 Å². The molecule has 6 heteroatoms. The summed E-state index contributed by atoms with van der Waals surface area (Å²) in [5.41, 5.74) is 5.08. The van der Waals surface area contributed by atoms with Gasteiger partial charge >= 0.3 is 0 Å². The third-order valence-corrected chi connectivity index (χ3v) is 5.73. The molecule has 0 unspecified atom stereocenters. The van der Waals surface area contributed by atoms with Gasteiger partial charge < -0.3 is 5.32 Å². The van der Waals surface area contributed by atoms with E-state index in [2.05, 4.69) is 27.4 Å². The fraction of sp³-hybridized carbons (Fsp3) is 0.350. The molecule has 134 valence electrons. The first kappa shape index (κ1) is 17.0. The molecule has 0 radical (unpaired) electrons. The molecule has 2 heterocycles. The smallest absolute Gasteiger partial charge is 0.251 e. The Balaban J connectivity index is 1.50. The fourth-order valence-corrected chi connectivity index (χ4v) is 4.19. The van der Waals surface area contributed by atoms with Crippen LogP contribution >= 0.6 is 11.3 Å². The highest BCUT2D eigenvalue weighted by atomic mass is 32.1. The highest BCUT2D eigenvalue weighted by Gasteiger charge is 2.28. The zero-order valence-corrected chi connectivity index (χ0v) is 15.8. The number of thiazole rings is 1. The van der Waals surface area contributed by atoms with Crippen molar-refractivity contribution >= 4 is 17.2 Å². The summed E-state index contributed by atoms with van der Waals surface area (Å²) in [6, 6.07) is 7.77. The molecule has 1 aromatic carbocycles. The van der Waals surface area contributed by atoms with Crippen LogP contribution < -0.4 is 5.32 Å². The maximum absolute atomic E-state index is 12.6. The normalized spacial score (nSPS) is 13.8. The molecular formula is C20H22N4OS. The number of H-pyrrole nitrogens is 1. The van der Waals surface area contributed by atoms with E-state index in [0.717, 1.165) is 33.1 Å². The van der Waals surface area contributed by atoms with Gasteiger partial charge in [0.2, 0.25) is 0 Å². The molecular weight excluding hydrogens is 344 g/mol. The van der Waals surface area contributed by atoms with Gasteiger partial charge in [-0.15, -0.1) is 11.3 Å². The standard InChI is InChI=1S/C20H22N4OS/c1-3-17-18(26-12(2)23-17)11-21-20(25)15-6-4-5-14(9-15)16-10-22-24-19(16)13-7-8-13/h4-6,9-10,13H,3,7-8,11H2,1-2H3,(H,21,25)(H,22,24). The van der Waals surface area contributed by atoms with Gasteiger partial charge in [0.25, 0.3) is 5.91 Å². The first-order valence-corrected chi connectivity index (χ1v) is 9.84. The van der Waals surface area contributed by atoms with Crippen molar-refractivity contribution in [1.82, 2.24) is 20.5 Å². The number of benzene rings is 1. The number of nitrogens with one attached hydrogen (secondary N) is 2. The minimum Gasteiger partial charge on any atom is -0.347 e. The highest BCUT2D eigenvalue weighted by Crippen LogP contribution is 2.43. The molecule has 0 atom stereocenters. The second-order valence-electron chi connectivity index (χ2n) is 6.69. The van der Waals surface area contributed by atoms with Crippen molar-refractivity contribution in [3.8, 4) is 11.1 Å². The molecule has 1 aliphatic carbocycles. The van der Waals surface area contributed by atoms with Crippen molar-refractivity contribution in [2.75, 3.05) is 0 Å². The highest BCUT2D eigenvalue weighted by molar-refractivity contribution is 7.11. The summed E-state index contributed by atoms with van der Waals surface area (Å²) in [4.78, 5) is 18.3. The number of nitrogens with zero attached hydrogens (tertiary/aromatic N) is 2. The number of aromatic amines is 1. The zero-order valence-electron chi connectivity index (χ0n) is 15.0. The number of carbonyl (C=O) groups is 1. The Morgan fingerprint density at radius 1 is 1.38 bits per heavy atom. The monoisotopic (exact) mass is 366 g/mol. The van der Waals surface area contributed by atoms with Crippen molar-refractivity contribution in [3.63, 3.8) is 0 Å². The van der Waals surface area contributed by atoms with Crippen LogP contribution in [0.5, 0.6) is 0 Å². The molecule has 2 aromatic heterocycles. The molecule has 1 amide bonds. The summed E-state index contributed by atoms with van der Waals surface area (Å²) in [6.45, 7) is 4.61. The van der Waals surface area contributed by atoms with E-state index in [-0.39, 0.29) is 5.91 Å². The van der Waals surface area contributed by atoms with Crippen LogP contribution in [0.15, 0.2) is 30.5 Å². The van der Waals surface area contributed by atoms with Crippen LogP contribution in [0.1, 0.15) is 57.3 Å². The van der Waals surface area contributed by atoms with Crippen molar-refractivity contribution < 1.29 is 4.79 Å². The van der Waals surface area contributed by atoms with E-state index < -0.39 is 0 Å². The predicted molar refractivity (Wildman–Crippen MR) is 103 cm³/mol. The van der Waals surface area contributed by atoms with E-state index in [4.69, 9.17) is 0 Å². The molecule has 1 saturated carbocycles. The number of carbonyl (C=O) groups excluding carboxylic acids is 1. The molecule has 1 aliphatic rings. The Kier molecular flexibility index (Phi) is 4.59. The molecule has 0 spiro atoms. The van der Waals surface area contributed by atoms with E-state index in [1.807, 2.05) is 37.4 Å². The summed E-state index contributed by atoms with van der Waals surface area (Å²) < 4.78 is 0. The van der Waals surface area contributed by atoms with E-state index in [0.29, 0.717) is 18.0 Å². The predicted octanol–water partition coefficient (Wildman–Crippen LogP) is 4.21. The van der Waals surface area contributed by atoms with E-state index in [1.165, 1.54) is 18.5 Å². The number of amides is 1. The van der Waals surface area contributed by atoms with Gasteiger partial charge in [-0.1, -0.05) is 19.1 Å². The minimum atomic E-state index is -0.0589. The molecule has 0 aliphatic heterocycles.